The van der Waals surface area contributed by atoms with Gasteiger partial charge in [0.2, 0.25) is 10.0 Å². The molecule has 1 amide bonds. The van der Waals surface area contributed by atoms with E-state index in [4.69, 9.17) is 4.74 Å². The van der Waals surface area contributed by atoms with E-state index in [9.17, 15) is 17.6 Å². The van der Waals surface area contributed by atoms with Gasteiger partial charge < -0.3 is 10.1 Å². The second-order valence-corrected chi connectivity index (χ2v) is 9.74. The third kappa shape index (κ3) is 6.32. The highest BCUT2D eigenvalue weighted by Crippen LogP contribution is 2.27. The number of nitrogens with zero attached hydrogens (tertiary/aromatic N) is 1. The van der Waals surface area contributed by atoms with Crippen molar-refractivity contribution in [2.24, 2.45) is 0 Å². The number of aryl methyl sites for hydroxylation is 2. The van der Waals surface area contributed by atoms with Gasteiger partial charge >= 0.3 is 0 Å². The Hall–Kier alpha value is -3.39. The van der Waals surface area contributed by atoms with Gasteiger partial charge in [-0.1, -0.05) is 6.07 Å². The van der Waals surface area contributed by atoms with E-state index in [0.717, 1.165) is 21.7 Å². The summed E-state index contributed by atoms with van der Waals surface area (Å²) in [6, 6.07) is 15.9. The lowest BCUT2D eigenvalue weighted by Crippen LogP contribution is -2.29. The van der Waals surface area contributed by atoms with Crippen LogP contribution in [0.25, 0.3) is 0 Å². The minimum atomic E-state index is -3.70. The lowest BCUT2D eigenvalue weighted by atomic mass is 10.1. The zero-order valence-electron chi connectivity index (χ0n) is 19.1. The molecule has 3 rings (SSSR count). The minimum Gasteiger partial charge on any atom is -0.494 e. The number of rotatable bonds is 8. The average Bonchev–Trinajstić information content (AvgIpc) is 2.72. The fourth-order valence-corrected chi connectivity index (χ4v) is 4.43. The number of benzene rings is 3. The van der Waals surface area contributed by atoms with E-state index in [2.05, 4.69) is 5.32 Å². The first-order valence-electron chi connectivity index (χ1n) is 10.5. The smallest absolute Gasteiger partial charge is 0.255 e. The highest BCUT2D eigenvalue weighted by Gasteiger charge is 2.21. The van der Waals surface area contributed by atoms with E-state index < -0.39 is 15.8 Å². The van der Waals surface area contributed by atoms with Crippen LogP contribution < -0.4 is 14.4 Å². The summed E-state index contributed by atoms with van der Waals surface area (Å²) in [7, 11) is -3.70. The van der Waals surface area contributed by atoms with Crippen LogP contribution in [0.5, 0.6) is 5.75 Å². The predicted octanol–water partition coefficient (Wildman–Crippen LogP) is 5.06. The highest BCUT2D eigenvalue weighted by atomic mass is 32.2. The summed E-state index contributed by atoms with van der Waals surface area (Å²) in [6.45, 7) is 6.01. The minimum absolute atomic E-state index is 0.0789. The number of sulfonamides is 1. The highest BCUT2D eigenvalue weighted by molar-refractivity contribution is 7.92. The zero-order chi connectivity index (χ0) is 24.2. The van der Waals surface area contributed by atoms with Crippen molar-refractivity contribution in [3.8, 4) is 5.75 Å². The van der Waals surface area contributed by atoms with Crippen LogP contribution in [-0.4, -0.2) is 27.2 Å². The van der Waals surface area contributed by atoms with Crippen molar-refractivity contribution < 1.29 is 22.3 Å². The molecular weight excluding hydrogens is 443 g/mol. The van der Waals surface area contributed by atoms with Crippen molar-refractivity contribution >= 4 is 27.3 Å². The van der Waals surface area contributed by atoms with Crippen LogP contribution in [0, 0.1) is 19.7 Å². The van der Waals surface area contributed by atoms with Gasteiger partial charge in [0.25, 0.3) is 5.91 Å². The Morgan fingerprint density at radius 2 is 1.64 bits per heavy atom. The second kappa shape index (κ2) is 10.0. The number of hydrogen-bond acceptors (Lipinski definition) is 4. The van der Waals surface area contributed by atoms with Gasteiger partial charge in [-0.25, -0.2) is 12.8 Å². The van der Waals surface area contributed by atoms with E-state index in [0.29, 0.717) is 34.9 Å². The summed E-state index contributed by atoms with van der Waals surface area (Å²) in [6.07, 6.45) is 1.08. The third-order valence-corrected chi connectivity index (χ3v) is 6.07. The SMILES string of the molecule is CCOc1ccc(C(=O)Nc2cc(C)cc(C)c2)cc1CN(c1ccc(F)cc1)S(C)(=O)=O. The van der Waals surface area contributed by atoms with Crippen LogP contribution in [0.4, 0.5) is 15.8 Å². The number of carbonyl (C=O) groups excluding carboxylic acids is 1. The Bertz CT molecular complexity index is 1240. The molecule has 0 radical (unpaired) electrons. The number of amides is 1. The lowest BCUT2D eigenvalue weighted by molar-refractivity contribution is 0.102. The average molecular weight is 471 g/mol. The number of anilines is 2. The molecule has 8 heteroatoms. The predicted molar refractivity (Wildman–Crippen MR) is 129 cm³/mol. The molecule has 0 aromatic heterocycles. The third-order valence-electron chi connectivity index (χ3n) is 4.93. The zero-order valence-corrected chi connectivity index (χ0v) is 19.9. The van der Waals surface area contributed by atoms with Crippen molar-refractivity contribution in [3.05, 3.63) is 88.7 Å². The molecule has 0 saturated carbocycles. The molecule has 0 bridgehead atoms. The molecule has 0 aliphatic rings. The largest absolute Gasteiger partial charge is 0.494 e. The first kappa shape index (κ1) is 24.3. The number of carbonyl (C=O) groups is 1. The van der Waals surface area contributed by atoms with Crippen molar-refractivity contribution in [2.75, 3.05) is 22.5 Å². The standard InChI is InChI=1S/C25H27FN2O4S/c1-5-32-24-11-6-19(25(29)27-22-13-17(2)12-18(3)14-22)15-20(24)16-28(33(4,30)31)23-9-7-21(26)8-10-23/h6-15H,5,16H2,1-4H3,(H,27,29). The van der Waals surface area contributed by atoms with Crippen LogP contribution in [0.1, 0.15) is 34.0 Å². The maximum absolute atomic E-state index is 13.4. The molecule has 0 heterocycles. The van der Waals surface area contributed by atoms with E-state index in [1.54, 1.807) is 18.2 Å². The molecule has 0 aliphatic heterocycles. The summed E-state index contributed by atoms with van der Waals surface area (Å²) in [5.74, 6) is -0.319. The first-order chi connectivity index (χ1) is 15.6. The Morgan fingerprint density at radius 1 is 1.00 bits per heavy atom. The molecule has 0 atom stereocenters. The Balaban J connectivity index is 1.96. The Morgan fingerprint density at radius 3 is 2.21 bits per heavy atom. The topological polar surface area (TPSA) is 75.7 Å². The maximum atomic E-state index is 13.4. The molecule has 0 fully saturated rings. The summed E-state index contributed by atoms with van der Waals surface area (Å²) in [4.78, 5) is 12.9. The fourth-order valence-electron chi connectivity index (χ4n) is 3.55. The van der Waals surface area contributed by atoms with Gasteiger partial charge in [-0.3, -0.25) is 9.10 Å². The van der Waals surface area contributed by atoms with Crippen molar-refractivity contribution in [1.82, 2.24) is 0 Å². The van der Waals surface area contributed by atoms with Crippen molar-refractivity contribution in [2.45, 2.75) is 27.3 Å². The van der Waals surface area contributed by atoms with Gasteiger partial charge in [-0.15, -0.1) is 0 Å². The van der Waals surface area contributed by atoms with E-state index in [1.165, 1.54) is 24.3 Å². The molecule has 1 N–H and O–H groups in total. The monoisotopic (exact) mass is 470 g/mol. The first-order valence-corrected chi connectivity index (χ1v) is 12.3. The van der Waals surface area contributed by atoms with Crippen LogP contribution in [0.3, 0.4) is 0 Å². The Kier molecular flexibility index (Phi) is 7.38. The normalized spacial score (nSPS) is 11.2. The van der Waals surface area contributed by atoms with Gasteiger partial charge in [-0.2, -0.15) is 0 Å². The van der Waals surface area contributed by atoms with E-state index >= 15 is 0 Å². The van der Waals surface area contributed by atoms with Gasteiger partial charge in [0.1, 0.15) is 11.6 Å². The summed E-state index contributed by atoms with van der Waals surface area (Å²) in [5, 5.41) is 2.89. The molecule has 0 saturated heterocycles. The van der Waals surface area contributed by atoms with Gasteiger partial charge in [0.15, 0.2) is 0 Å². The van der Waals surface area contributed by atoms with Crippen LogP contribution in [0.15, 0.2) is 60.7 Å². The molecule has 3 aromatic carbocycles. The van der Waals surface area contributed by atoms with E-state index in [1.807, 2.05) is 39.0 Å². The number of halogens is 1. The fraction of sp³-hybridized carbons (Fsp3) is 0.240. The summed E-state index contributed by atoms with van der Waals surface area (Å²) >= 11 is 0. The molecule has 0 spiro atoms. The van der Waals surface area contributed by atoms with Crippen LogP contribution >= 0.6 is 0 Å². The van der Waals surface area contributed by atoms with Crippen molar-refractivity contribution in [3.63, 3.8) is 0 Å². The quantitative estimate of drug-likeness (QED) is 0.499. The van der Waals surface area contributed by atoms with Gasteiger partial charge in [0, 0.05) is 16.8 Å². The lowest BCUT2D eigenvalue weighted by Gasteiger charge is -2.24. The molecular formula is C25H27FN2O4S. The molecule has 33 heavy (non-hydrogen) atoms. The molecule has 0 unspecified atom stereocenters. The van der Waals surface area contributed by atoms with Gasteiger partial charge in [0.05, 0.1) is 25.1 Å². The molecule has 3 aromatic rings. The number of ether oxygens (including phenoxy) is 1. The van der Waals surface area contributed by atoms with Gasteiger partial charge in [-0.05, 0) is 86.5 Å². The summed E-state index contributed by atoms with van der Waals surface area (Å²) < 4.78 is 45.3. The van der Waals surface area contributed by atoms with Crippen LogP contribution in [0.2, 0.25) is 0 Å². The van der Waals surface area contributed by atoms with E-state index in [-0.39, 0.29) is 12.5 Å². The number of nitrogens with one attached hydrogen (secondary N) is 1. The van der Waals surface area contributed by atoms with Crippen LogP contribution in [-0.2, 0) is 16.6 Å². The molecule has 0 aliphatic carbocycles. The second-order valence-electron chi connectivity index (χ2n) is 7.83. The number of hydrogen-bond donors (Lipinski definition) is 1. The summed E-state index contributed by atoms with van der Waals surface area (Å²) in [5.41, 5.74) is 3.92. The molecule has 174 valence electrons. The molecule has 6 nitrogen and oxygen atoms in total. The maximum Gasteiger partial charge on any atom is 0.255 e. The Labute approximate surface area is 194 Å². The van der Waals surface area contributed by atoms with Crippen molar-refractivity contribution in [1.29, 1.82) is 0 Å².